The SMILES string of the molecule is CC(C)Cn1c(C(=O)NCc2ccccc2F)cc2sccc21. The van der Waals surface area contributed by atoms with Crippen molar-refractivity contribution in [2.24, 2.45) is 5.92 Å². The second-order valence-electron chi connectivity index (χ2n) is 5.98. The maximum atomic E-state index is 13.7. The number of hydrogen-bond donors (Lipinski definition) is 1. The van der Waals surface area contributed by atoms with Crippen LogP contribution in [0.25, 0.3) is 10.2 Å². The summed E-state index contributed by atoms with van der Waals surface area (Å²) in [5.74, 6) is -0.0349. The maximum absolute atomic E-state index is 13.7. The van der Waals surface area contributed by atoms with Gasteiger partial charge in [-0.25, -0.2) is 4.39 Å². The molecule has 0 unspecified atom stereocenters. The zero-order valence-corrected chi connectivity index (χ0v) is 14.0. The van der Waals surface area contributed by atoms with E-state index in [0.717, 1.165) is 16.8 Å². The first-order valence-corrected chi connectivity index (χ1v) is 8.52. The lowest BCUT2D eigenvalue weighted by molar-refractivity contribution is 0.0941. The molecule has 0 radical (unpaired) electrons. The lowest BCUT2D eigenvalue weighted by atomic mass is 10.2. The van der Waals surface area contributed by atoms with Gasteiger partial charge in [-0.05, 0) is 29.5 Å². The summed E-state index contributed by atoms with van der Waals surface area (Å²) < 4.78 is 16.8. The number of carbonyl (C=O) groups excluding carboxylic acids is 1. The third-order valence-electron chi connectivity index (χ3n) is 3.70. The van der Waals surface area contributed by atoms with Crippen molar-refractivity contribution in [3.8, 4) is 0 Å². The highest BCUT2D eigenvalue weighted by Crippen LogP contribution is 2.26. The van der Waals surface area contributed by atoms with Gasteiger partial charge in [-0.2, -0.15) is 0 Å². The number of aromatic nitrogens is 1. The highest BCUT2D eigenvalue weighted by molar-refractivity contribution is 7.17. The molecular formula is C18H19FN2OS. The van der Waals surface area contributed by atoms with Crippen molar-refractivity contribution >= 4 is 27.5 Å². The Morgan fingerprint density at radius 3 is 2.83 bits per heavy atom. The summed E-state index contributed by atoms with van der Waals surface area (Å²) in [5, 5.41) is 4.86. The summed E-state index contributed by atoms with van der Waals surface area (Å²) in [5.41, 5.74) is 2.21. The van der Waals surface area contributed by atoms with Crippen LogP contribution in [-0.4, -0.2) is 10.5 Å². The van der Waals surface area contributed by atoms with Crippen molar-refractivity contribution in [3.63, 3.8) is 0 Å². The molecule has 0 bridgehead atoms. The molecule has 0 atom stereocenters. The topological polar surface area (TPSA) is 34.0 Å². The number of fused-ring (bicyclic) bond motifs is 1. The minimum Gasteiger partial charge on any atom is -0.347 e. The number of amides is 1. The van der Waals surface area contributed by atoms with Gasteiger partial charge in [0.2, 0.25) is 0 Å². The summed E-state index contributed by atoms with van der Waals surface area (Å²) in [6, 6.07) is 10.4. The molecule has 120 valence electrons. The van der Waals surface area contributed by atoms with E-state index in [0.29, 0.717) is 17.2 Å². The first-order valence-electron chi connectivity index (χ1n) is 7.64. The standard InChI is InChI=1S/C18H19FN2OS/c1-12(2)11-21-15-7-8-23-17(15)9-16(21)18(22)20-10-13-5-3-4-6-14(13)19/h3-9,12H,10-11H2,1-2H3,(H,20,22). The predicted octanol–water partition coefficient (Wildman–Crippen LogP) is 4.43. The summed E-state index contributed by atoms with van der Waals surface area (Å²) in [7, 11) is 0. The molecule has 2 heterocycles. The van der Waals surface area contributed by atoms with Crippen LogP contribution in [0, 0.1) is 11.7 Å². The van der Waals surface area contributed by atoms with Crippen molar-refractivity contribution in [1.29, 1.82) is 0 Å². The van der Waals surface area contributed by atoms with E-state index in [-0.39, 0.29) is 18.3 Å². The molecular weight excluding hydrogens is 311 g/mol. The molecule has 0 fully saturated rings. The molecule has 3 aromatic rings. The molecule has 23 heavy (non-hydrogen) atoms. The van der Waals surface area contributed by atoms with Gasteiger partial charge in [-0.15, -0.1) is 11.3 Å². The zero-order chi connectivity index (χ0) is 16.4. The summed E-state index contributed by atoms with van der Waals surface area (Å²) in [6.07, 6.45) is 0. The van der Waals surface area contributed by atoms with Gasteiger partial charge >= 0.3 is 0 Å². The van der Waals surface area contributed by atoms with E-state index < -0.39 is 0 Å². The molecule has 0 saturated heterocycles. The van der Waals surface area contributed by atoms with Crippen molar-refractivity contribution in [2.45, 2.75) is 26.9 Å². The van der Waals surface area contributed by atoms with Crippen molar-refractivity contribution in [1.82, 2.24) is 9.88 Å². The van der Waals surface area contributed by atoms with Gasteiger partial charge in [0.05, 0.1) is 10.2 Å². The summed E-state index contributed by atoms with van der Waals surface area (Å²) in [6.45, 7) is 5.22. The molecule has 3 nitrogen and oxygen atoms in total. The number of nitrogens with one attached hydrogen (secondary N) is 1. The Morgan fingerprint density at radius 2 is 2.09 bits per heavy atom. The van der Waals surface area contributed by atoms with E-state index in [1.165, 1.54) is 6.07 Å². The molecule has 0 saturated carbocycles. The second-order valence-corrected chi connectivity index (χ2v) is 6.93. The summed E-state index contributed by atoms with van der Waals surface area (Å²) >= 11 is 1.62. The van der Waals surface area contributed by atoms with Gasteiger partial charge in [0.15, 0.2) is 0 Å². The molecule has 0 aliphatic heterocycles. The smallest absolute Gasteiger partial charge is 0.268 e. The lowest BCUT2D eigenvalue weighted by Gasteiger charge is -2.13. The molecule has 0 aliphatic rings. The molecule has 1 N–H and O–H groups in total. The van der Waals surface area contributed by atoms with Crippen LogP contribution in [0.15, 0.2) is 41.8 Å². The van der Waals surface area contributed by atoms with Gasteiger partial charge < -0.3 is 9.88 Å². The van der Waals surface area contributed by atoms with E-state index in [2.05, 4.69) is 19.2 Å². The molecule has 1 amide bonds. The Hall–Kier alpha value is -2.14. The molecule has 3 rings (SSSR count). The summed E-state index contributed by atoms with van der Waals surface area (Å²) in [4.78, 5) is 12.5. The average molecular weight is 330 g/mol. The fourth-order valence-electron chi connectivity index (χ4n) is 2.63. The normalized spacial score (nSPS) is 11.3. The van der Waals surface area contributed by atoms with Gasteiger partial charge in [0, 0.05) is 18.7 Å². The third-order valence-corrected chi connectivity index (χ3v) is 4.55. The fraction of sp³-hybridized carbons (Fsp3) is 0.278. The van der Waals surface area contributed by atoms with Gasteiger partial charge in [-0.3, -0.25) is 4.79 Å². The highest BCUT2D eigenvalue weighted by Gasteiger charge is 2.17. The van der Waals surface area contributed by atoms with Crippen LogP contribution in [0.2, 0.25) is 0 Å². The molecule has 0 aliphatic carbocycles. The van der Waals surface area contributed by atoms with Crippen LogP contribution in [0.3, 0.4) is 0 Å². The van der Waals surface area contributed by atoms with Crippen molar-refractivity contribution in [2.75, 3.05) is 0 Å². The Balaban J connectivity index is 1.83. The number of halogens is 1. The van der Waals surface area contributed by atoms with E-state index in [9.17, 15) is 9.18 Å². The number of nitrogens with zero attached hydrogens (tertiary/aromatic N) is 1. The van der Waals surface area contributed by atoms with Gasteiger partial charge in [0.25, 0.3) is 5.91 Å². The van der Waals surface area contributed by atoms with E-state index in [4.69, 9.17) is 0 Å². The molecule has 1 aromatic carbocycles. The first-order chi connectivity index (χ1) is 11.1. The largest absolute Gasteiger partial charge is 0.347 e. The monoisotopic (exact) mass is 330 g/mol. The first kappa shape index (κ1) is 15.7. The maximum Gasteiger partial charge on any atom is 0.268 e. The number of rotatable bonds is 5. The highest BCUT2D eigenvalue weighted by atomic mass is 32.1. The number of thiophene rings is 1. The Labute approximate surface area is 138 Å². The van der Waals surface area contributed by atoms with Crippen LogP contribution in [0.5, 0.6) is 0 Å². The van der Waals surface area contributed by atoms with Crippen LogP contribution < -0.4 is 5.32 Å². The van der Waals surface area contributed by atoms with Crippen LogP contribution in [-0.2, 0) is 13.1 Å². The number of benzene rings is 1. The zero-order valence-electron chi connectivity index (χ0n) is 13.2. The number of carbonyl (C=O) groups is 1. The lowest BCUT2D eigenvalue weighted by Crippen LogP contribution is -2.26. The Bertz CT molecular complexity index is 835. The second kappa shape index (κ2) is 6.54. The van der Waals surface area contributed by atoms with Crippen molar-refractivity contribution in [3.05, 3.63) is 58.9 Å². The minimum absolute atomic E-state index is 0.169. The van der Waals surface area contributed by atoms with Gasteiger partial charge in [-0.1, -0.05) is 32.0 Å². The Kier molecular flexibility index (Phi) is 4.48. The minimum atomic E-state index is -0.300. The number of hydrogen-bond acceptors (Lipinski definition) is 2. The van der Waals surface area contributed by atoms with Crippen LogP contribution in [0.4, 0.5) is 4.39 Å². The van der Waals surface area contributed by atoms with E-state index in [1.54, 1.807) is 29.5 Å². The van der Waals surface area contributed by atoms with Gasteiger partial charge in [0.1, 0.15) is 11.5 Å². The van der Waals surface area contributed by atoms with Crippen molar-refractivity contribution < 1.29 is 9.18 Å². The van der Waals surface area contributed by atoms with E-state index >= 15 is 0 Å². The van der Waals surface area contributed by atoms with Crippen LogP contribution in [0.1, 0.15) is 29.9 Å². The molecule has 0 spiro atoms. The van der Waals surface area contributed by atoms with Crippen LogP contribution >= 0.6 is 11.3 Å². The van der Waals surface area contributed by atoms with E-state index in [1.807, 2.05) is 22.1 Å². The third kappa shape index (κ3) is 3.29. The quantitative estimate of drug-likeness (QED) is 0.738. The fourth-order valence-corrected chi connectivity index (χ4v) is 3.46. The molecule has 2 aromatic heterocycles. The molecule has 5 heteroatoms. The predicted molar refractivity (Wildman–Crippen MR) is 92.2 cm³/mol. The average Bonchev–Trinajstić information content (AvgIpc) is 3.08. The Morgan fingerprint density at radius 1 is 1.30 bits per heavy atom.